The van der Waals surface area contributed by atoms with E-state index in [0.717, 1.165) is 25.9 Å². The summed E-state index contributed by atoms with van der Waals surface area (Å²) in [6.07, 6.45) is 1.62. The zero-order valence-electron chi connectivity index (χ0n) is 14.1. The molecule has 0 aromatic heterocycles. The third-order valence-corrected chi connectivity index (χ3v) is 3.84. The van der Waals surface area contributed by atoms with E-state index in [-0.39, 0.29) is 24.0 Å². The molecule has 1 aromatic rings. The first-order valence-electron chi connectivity index (χ1n) is 8.09. The highest BCUT2D eigenvalue weighted by Crippen LogP contribution is 2.30. The number of carboxylic acids is 1. The van der Waals surface area contributed by atoms with Crippen molar-refractivity contribution in [3.05, 3.63) is 23.5 Å². The van der Waals surface area contributed by atoms with Gasteiger partial charge in [0.15, 0.2) is 11.6 Å². The van der Waals surface area contributed by atoms with Crippen molar-refractivity contribution < 1.29 is 28.5 Å². The van der Waals surface area contributed by atoms with Crippen LogP contribution in [0.2, 0.25) is 0 Å². The Balaban J connectivity index is 2.12. The molecule has 134 valence electrons. The van der Waals surface area contributed by atoms with Crippen molar-refractivity contribution in [1.82, 2.24) is 4.90 Å². The Labute approximate surface area is 141 Å². The molecular formula is C17H24FNO5. The van der Waals surface area contributed by atoms with Gasteiger partial charge in [-0.3, -0.25) is 0 Å². The molecule has 1 heterocycles. The number of nitrogens with zero attached hydrogens (tertiary/aromatic N) is 1. The molecule has 0 bridgehead atoms. The SMILES string of the molecule is CCOc1cc(COCC(=O)O)c(F)c(OC2CCN(C)CC2)c1. The van der Waals surface area contributed by atoms with Crippen molar-refractivity contribution in [1.29, 1.82) is 0 Å². The van der Waals surface area contributed by atoms with Gasteiger partial charge in [-0.05, 0) is 32.9 Å². The Morgan fingerprint density at radius 2 is 2.08 bits per heavy atom. The van der Waals surface area contributed by atoms with Crippen molar-refractivity contribution in [3.8, 4) is 11.5 Å². The van der Waals surface area contributed by atoms with Crippen LogP contribution in [-0.4, -0.2) is 55.4 Å². The molecule has 1 aliphatic rings. The van der Waals surface area contributed by atoms with Crippen LogP contribution < -0.4 is 9.47 Å². The molecule has 1 aromatic carbocycles. The largest absolute Gasteiger partial charge is 0.494 e. The minimum Gasteiger partial charge on any atom is -0.494 e. The normalized spacial score (nSPS) is 16.1. The first kappa shape index (κ1) is 18.5. The van der Waals surface area contributed by atoms with Crippen molar-refractivity contribution in [2.45, 2.75) is 32.5 Å². The summed E-state index contributed by atoms with van der Waals surface area (Å²) < 4.78 is 30.9. The smallest absolute Gasteiger partial charge is 0.329 e. The summed E-state index contributed by atoms with van der Waals surface area (Å²) in [6, 6.07) is 3.06. The summed E-state index contributed by atoms with van der Waals surface area (Å²) in [5.41, 5.74) is 0.227. The summed E-state index contributed by atoms with van der Waals surface area (Å²) in [5.74, 6) is -1.01. The zero-order valence-corrected chi connectivity index (χ0v) is 14.1. The number of ether oxygens (including phenoxy) is 3. The number of likely N-dealkylation sites (tertiary alicyclic amines) is 1. The Bertz CT molecular complexity index is 558. The second-order valence-corrected chi connectivity index (χ2v) is 5.83. The van der Waals surface area contributed by atoms with Gasteiger partial charge in [-0.15, -0.1) is 0 Å². The summed E-state index contributed by atoms with van der Waals surface area (Å²) in [5, 5.41) is 8.62. The number of hydrogen-bond donors (Lipinski definition) is 1. The molecule has 0 radical (unpaired) electrons. The molecule has 1 aliphatic heterocycles. The monoisotopic (exact) mass is 341 g/mol. The third kappa shape index (κ3) is 5.35. The summed E-state index contributed by atoms with van der Waals surface area (Å²) in [6.45, 7) is 3.46. The molecule has 24 heavy (non-hydrogen) atoms. The first-order valence-corrected chi connectivity index (χ1v) is 8.09. The molecule has 0 spiro atoms. The lowest BCUT2D eigenvalue weighted by Gasteiger charge is -2.29. The molecule has 0 aliphatic carbocycles. The second-order valence-electron chi connectivity index (χ2n) is 5.83. The number of carbonyl (C=O) groups is 1. The lowest BCUT2D eigenvalue weighted by molar-refractivity contribution is -0.142. The van der Waals surface area contributed by atoms with Gasteiger partial charge in [-0.1, -0.05) is 0 Å². The molecule has 6 nitrogen and oxygen atoms in total. The molecule has 1 saturated heterocycles. The number of aliphatic carboxylic acids is 1. The lowest BCUT2D eigenvalue weighted by atomic mass is 10.1. The van der Waals surface area contributed by atoms with Crippen LogP contribution in [0.3, 0.4) is 0 Å². The van der Waals surface area contributed by atoms with Gasteiger partial charge in [0.05, 0.1) is 13.2 Å². The fourth-order valence-corrected chi connectivity index (χ4v) is 2.60. The summed E-state index contributed by atoms with van der Waals surface area (Å²) >= 11 is 0. The fourth-order valence-electron chi connectivity index (χ4n) is 2.60. The van der Waals surface area contributed by atoms with Crippen LogP contribution in [0.5, 0.6) is 11.5 Å². The molecule has 2 rings (SSSR count). The number of hydrogen-bond acceptors (Lipinski definition) is 5. The summed E-state index contributed by atoms with van der Waals surface area (Å²) in [7, 11) is 2.05. The number of halogens is 1. The Morgan fingerprint density at radius 3 is 2.71 bits per heavy atom. The highest BCUT2D eigenvalue weighted by Gasteiger charge is 2.21. The van der Waals surface area contributed by atoms with E-state index in [9.17, 15) is 9.18 Å². The number of rotatable bonds is 8. The predicted octanol–water partition coefficient (Wildman–Crippen LogP) is 2.30. The van der Waals surface area contributed by atoms with Crippen LogP contribution >= 0.6 is 0 Å². The van der Waals surface area contributed by atoms with Crippen LogP contribution in [0.25, 0.3) is 0 Å². The summed E-state index contributed by atoms with van der Waals surface area (Å²) in [4.78, 5) is 12.7. The predicted molar refractivity (Wildman–Crippen MR) is 86.0 cm³/mol. The van der Waals surface area contributed by atoms with Gasteiger partial charge in [0.25, 0.3) is 0 Å². The van der Waals surface area contributed by atoms with E-state index in [1.165, 1.54) is 12.1 Å². The topological polar surface area (TPSA) is 68.2 Å². The maximum Gasteiger partial charge on any atom is 0.329 e. The Kier molecular flexibility index (Phi) is 6.81. The van der Waals surface area contributed by atoms with Crippen molar-refractivity contribution in [2.75, 3.05) is 33.4 Å². The highest BCUT2D eigenvalue weighted by atomic mass is 19.1. The van der Waals surface area contributed by atoms with E-state index in [2.05, 4.69) is 4.90 Å². The van der Waals surface area contributed by atoms with E-state index in [1.807, 2.05) is 14.0 Å². The third-order valence-electron chi connectivity index (χ3n) is 3.84. The van der Waals surface area contributed by atoms with Crippen LogP contribution in [0.1, 0.15) is 25.3 Å². The minimum absolute atomic E-state index is 0.0413. The number of piperidine rings is 1. The van der Waals surface area contributed by atoms with Gasteiger partial charge < -0.3 is 24.2 Å². The van der Waals surface area contributed by atoms with E-state index in [0.29, 0.717) is 12.4 Å². The Hall–Kier alpha value is -1.86. The zero-order chi connectivity index (χ0) is 17.5. The van der Waals surface area contributed by atoms with E-state index >= 15 is 0 Å². The van der Waals surface area contributed by atoms with E-state index in [1.54, 1.807) is 0 Å². The maximum absolute atomic E-state index is 14.6. The average Bonchev–Trinajstić information content (AvgIpc) is 2.53. The lowest BCUT2D eigenvalue weighted by Crippen LogP contribution is -2.35. The van der Waals surface area contributed by atoms with Gasteiger partial charge >= 0.3 is 5.97 Å². The molecule has 0 unspecified atom stereocenters. The van der Waals surface area contributed by atoms with Gasteiger partial charge in [-0.2, -0.15) is 0 Å². The standard InChI is InChI=1S/C17H24FNO5/c1-3-23-14-8-12(10-22-11-16(20)21)17(18)15(9-14)24-13-4-6-19(2)7-5-13/h8-9,13H,3-7,10-11H2,1-2H3,(H,20,21). The maximum atomic E-state index is 14.6. The van der Waals surface area contributed by atoms with Crippen molar-refractivity contribution >= 4 is 5.97 Å². The molecule has 1 N–H and O–H groups in total. The molecular weight excluding hydrogens is 317 g/mol. The Morgan fingerprint density at radius 1 is 1.38 bits per heavy atom. The first-order chi connectivity index (χ1) is 11.5. The molecule has 0 amide bonds. The van der Waals surface area contributed by atoms with Gasteiger partial charge in [0.2, 0.25) is 0 Å². The van der Waals surface area contributed by atoms with Crippen LogP contribution in [0.15, 0.2) is 12.1 Å². The second kappa shape index (κ2) is 8.84. The molecule has 0 atom stereocenters. The highest BCUT2D eigenvalue weighted by molar-refractivity contribution is 5.68. The van der Waals surface area contributed by atoms with Crippen LogP contribution in [0, 0.1) is 5.82 Å². The minimum atomic E-state index is -1.10. The van der Waals surface area contributed by atoms with Gasteiger partial charge in [-0.25, -0.2) is 9.18 Å². The van der Waals surface area contributed by atoms with E-state index < -0.39 is 18.4 Å². The fraction of sp³-hybridized carbons (Fsp3) is 0.588. The average molecular weight is 341 g/mol. The molecule has 7 heteroatoms. The van der Waals surface area contributed by atoms with Gasteiger partial charge in [0, 0.05) is 24.7 Å². The number of carboxylic acid groups (broad SMARTS) is 1. The van der Waals surface area contributed by atoms with Gasteiger partial charge in [0.1, 0.15) is 18.5 Å². The van der Waals surface area contributed by atoms with Crippen molar-refractivity contribution in [3.63, 3.8) is 0 Å². The molecule has 1 fully saturated rings. The van der Waals surface area contributed by atoms with Crippen LogP contribution in [-0.2, 0) is 16.1 Å². The van der Waals surface area contributed by atoms with Crippen LogP contribution in [0.4, 0.5) is 4.39 Å². The quantitative estimate of drug-likeness (QED) is 0.782. The van der Waals surface area contributed by atoms with Crippen molar-refractivity contribution in [2.24, 2.45) is 0 Å². The number of benzene rings is 1. The molecule has 0 saturated carbocycles. The van der Waals surface area contributed by atoms with E-state index in [4.69, 9.17) is 19.3 Å².